The van der Waals surface area contributed by atoms with E-state index in [4.69, 9.17) is 17.3 Å². The van der Waals surface area contributed by atoms with Crippen molar-refractivity contribution >= 4 is 23.3 Å². The van der Waals surface area contributed by atoms with Gasteiger partial charge in [-0.2, -0.15) is 0 Å². The van der Waals surface area contributed by atoms with Gasteiger partial charge < -0.3 is 11.1 Å². The Morgan fingerprint density at radius 3 is 2.59 bits per heavy atom. The first-order valence-corrected chi connectivity index (χ1v) is 5.91. The molecule has 0 aromatic carbocycles. The van der Waals surface area contributed by atoms with Gasteiger partial charge in [-0.3, -0.25) is 4.79 Å². The van der Waals surface area contributed by atoms with Gasteiger partial charge in [0.2, 0.25) is 5.91 Å². The lowest BCUT2D eigenvalue weighted by Gasteiger charge is -2.08. The number of nitrogens with one attached hydrogen (secondary N) is 1. The summed E-state index contributed by atoms with van der Waals surface area (Å²) in [5.41, 5.74) is 6.73. The number of carbonyl (C=O) groups is 1. The summed E-state index contributed by atoms with van der Waals surface area (Å²) in [5, 5.41) is 3.47. The Morgan fingerprint density at radius 1 is 1.29 bits per heavy atom. The molecule has 5 nitrogen and oxygen atoms in total. The second-order valence-corrected chi connectivity index (χ2v) is 4.24. The topological polar surface area (TPSA) is 80.9 Å². The number of unbranched alkanes of at least 4 members (excludes halogenated alkanes) is 1. The predicted octanol–water partition coefficient (Wildman–Crippen LogP) is 1.81. The fourth-order valence-corrected chi connectivity index (χ4v) is 1.56. The largest absolute Gasteiger partial charge is 0.370 e. The Labute approximate surface area is 106 Å². The molecule has 1 amide bonds. The van der Waals surface area contributed by atoms with Gasteiger partial charge in [0.15, 0.2) is 11.0 Å². The van der Waals surface area contributed by atoms with Crippen molar-refractivity contribution in [3.8, 4) is 0 Å². The fraction of sp³-hybridized carbons (Fsp3) is 0.545. The molecule has 1 aromatic rings. The van der Waals surface area contributed by atoms with Crippen LogP contribution in [0.3, 0.4) is 0 Å². The maximum Gasteiger partial charge on any atom is 0.217 e. The van der Waals surface area contributed by atoms with Gasteiger partial charge in [0.05, 0.1) is 11.4 Å². The highest BCUT2D eigenvalue weighted by Crippen LogP contribution is 2.18. The summed E-state index contributed by atoms with van der Waals surface area (Å²) >= 11 is 5.95. The maximum absolute atomic E-state index is 10.5. The summed E-state index contributed by atoms with van der Waals surface area (Å²) in [7, 11) is 0. The second-order valence-electron chi connectivity index (χ2n) is 3.88. The smallest absolute Gasteiger partial charge is 0.217 e. The first-order valence-electron chi connectivity index (χ1n) is 5.53. The van der Waals surface area contributed by atoms with Gasteiger partial charge >= 0.3 is 0 Å². The lowest BCUT2D eigenvalue weighted by molar-refractivity contribution is -0.118. The highest BCUT2D eigenvalue weighted by molar-refractivity contribution is 6.31. The molecule has 3 N–H and O–H groups in total. The first-order chi connectivity index (χ1) is 8.00. The molecule has 0 fully saturated rings. The minimum atomic E-state index is -0.269. The molecular weight excluding hydrogens is 240 g/mol. The summed E-state index contributed by atoms with van der Waals surface area (Å²) in [6.07, 6.45) is 2.01. The lowest BCUT2D eigenvalue weighted by atomic mass is 10.2. The average Bonchev–Trinajstić information content (AvgIpc) is 2.24. The van der Waals surface area contributed by atoms with Crippen molar-refractivity contribution in [1.82, 2.24) is 9.97 Å². The highest BCUT2D eigenvalue weighted by atomic mass is 35.5. The number of aryl methyl sites for hydroxylation is 2. The van der Waals surface area contributed by atoms with Gasteiger partial charge in [0.25, 0.3) is 0 Å². The van der Waals surface area contributed by atoms with Crippen molar-refractivity contribution in [2.45, 2.75) is 33.1 Å². The molecule has 17 heavy (non-hydrogen) atoms. The zero-order valence-corrected chi connectivity index (χ0v) is 10.8. The number of nitrogens with zero attached hydrogens (tertiary/aromatic N) is 2. The van der Waals surface area contributed by atoms with Crippen LogP contribution in [0.25, 0.3) is 0 Å². The van der Waals surface area contributed by atoms with E-state index in [1.807, 2.05) is 13.8 Å². The average molecular weight is 257 g/mol. The number of aromatic nitrogens is 2. The number of halogens is 1. The Bertz CT molecular complexity index is 409. The molecule has 6 heteroatoms. The van der Waals surface area contributed by atoms with Crippen LogP contribution >= 0.6 is 11.6 Å². The lowest BCUT2D eigenvalue weighted by Crippen LogP contribution is -2.11. The van der Waals surface area contributed by atoms with Gasteiger partial charge in [0, 0.05) is 13.0 Å². The standard InChI is InChI=1S/C11H17ClN4O/c1-7-8(2)16-11(10(12)15-7)14-6-4-3-5-9(13)17/h3-6H2,1-2H3,(H2,13,17)(H,14,16). The number of hydrogen-bond acceptors (Lipinski definition) is 4. The van der Waals surface area contributed by atoms with Gasteiger partial charge in [-0.15, -0.1) is 0 Å². The monoisotopic (exact) mass is 256 g/mol. The molecule has 0 aliphatic rings. The summed E-state index contributed by atoms with van der Waals surface area (Å²) in [4.78, 5) is 19.0. The SMILES string of the molecule is Cc1nc(Cl)c(NCCCCC(N)=O)nc1C. The molecule has 0 aliphatic carbocycles. The molecule has 0 saturated carbocycles. The number of rotatable bonds is 6. The molecule has 1 aromatic heterocycles. The van der Waals surface area contributed by atoms with Crippen LogP contribution in [0.2, 0.25) is 5.15 Å². The molecule has 0 radical (unpaired) electrons. The Hall–Kier alpha value is -1.36. The van der Waals surface area contributed by atoms with Crippen LogP contribution in [0.4, 0.5) is 5.82 Å². The number of primary amides is 1. The number of hydrogen-bond donors (Lipinski definition) is 2. The molecule has 0 saturated heterocycles. The summed E-state index contributed by atoms with van der Waals surface area (Å²) < 4.78 is 0. The Kier molecular flexibility index (Phi) is 5.15. The third-order valence-corrected chi connectivity index (χ3v) is 2.67. The normalized spacial score (nSPS) is 10.3. The van der Waals surface area contributed by atoms with E-state index >= 15 is 0 Å². The van der Waals surface area contributed by atoms with Gasteiger partial charge in [-0.1, -0.05) is 11.6 Å². The van der Waals surface area contributed by atoms with E-state index in [2.05, 4.69) is 15.3 Å². The molecule has 0 atom stereocenters. The number of anilines is 1. The predicted molar refractivity (Wildman–Crippen MR) is 68.1 cm³/mol. The van der Waals surface area contributed by atoms with Crippen LogP contribution in [0.5, 0.6) is 0 Å². The summed E-state index contributed by atoms with van der Waals surface area (Å²) in [6.45, 7) is 4.45. The molecule has 0 spiro atoms. The van der Waals surface area contributed by atoms with Crippen molar-refractivity contribution < 1.29 is 4.79 Å². The highest BCUT2D eigenvalue weighted by Gasteiger charge is 2.06. The second kappa shape index (κ2) is 6.39. The van der Waals surface area contributed by atoms with Crippen LogP contribution in [-0.2, 0) is 4.79 Å². The maximum atomic E-state index is 10.5. The zero-order chi connectivity index (χ0) is 12.8. The van der Waals surface area contributed by atoms with Crippen LogP contribution in [0, 0.1) is 13.8 Å². The zero-order valence-electron chi connectivity index (χ0n) is 10.1. The fourth-order valence-electron chi connectivity index (χ4n) is 1.32. The van der Waals surface area contributed by atoms with E-state index < -0.39 is 0 Å². The van der Waals surface area contributed by atoms with Gasteiger partial charge in [-0.05, 0) is 26.7 Å². The van der Waals surface area contributed by atoms with Crippen molar-refractivity contribution in [3.05, 3.63) is 16.5 Å². The van der Waals surface area contributed by atoms with Gasteiger partial charge in [0.1, 0.15) is 0 Å². The summed E-state index contributed by atoms with van der Waals surface area (Å²) in [6, 6.07) is 0. The van der Waals surface area contributed by atoms with E-state index in [-0.39, 0.29) is 5.91 Å². The van der Waals surface area contributed by atoms with Crippen LogP contribution in [0.15, 0.2) is 0 Å². The minimum Gasteiger partial charge on any atom is -0.370 e. The van der Waals surface area contributed by atoms with Crippen LogP contribution < -0.4 is 11.1 Å². The molecule has 0 bridgehead atoms. The molecule has 1 heterocycles. The molecule has 0 unspecified atom stereocenters. The van der Waals surface area contributed by atoms with Gasteiger partial charge in [-0.25, -0.2) is 9.97 Å². The number of nitrogens with two attached hydrogens (primary N) is 1. The Balaban J connectivity index is 2.41. The molecular formula is C11H17ClN4O. The summed E-state index contributed by atoms with van der Waals surface area (Å²) in [5.74, 6) is 0.322. The molecule has 94 valence electrons. The van der Waals surface area contributed by atoms with E-state index in [1.165, 1.54) is 0 Å². The number of carbonyl (C=O) groups excluding carboxylic acids is 1. The quantitative estimate of drug-likeness (QED) is 0.761. The number of amides is 1. The third-order valence-electron chi connectivity index (χ3n) is 2.41. The van der Waals surface area contributed by atoms with E-state index in [9.17, 15) is 4.79 Å². The van der Waals surface area contributed by atoms with Crippen molar-refractivity contribution in [3.63, 3.8) is 0 Å². The van der Waals surface area contributed by atoms with Crippen molar-refractivity contribution in [1.29, 1.82) is 0 Å². The molecule has 0 aliphatic heterocycles. The Morgan fingerprint density at radius 2 is 1.94 bits per heavy atom. The van der Waals surface area contributed by atoms with E-state index in [1.54, 1.807) is 0 Å². The first kappa shape index (κ1) is 13.7. The minimum absolute atomic E-state index is 0.269. The van der Waals surface area contributed by atoms with Crippen molar-refractivity contribution in [2.24, 2.45) is 5.73 Å². The van der Waals surface area contributed by atoms with Crippen molar-refractivity contribution in [2.75, 3.05) is 11.9 Å². The van der Waals surface area contributed by atoms with Crippen LogP contribution in [0.1, 0.15) is 30.7 Å². The third kappa shape index (κ3) is 4.56. The van der Waals surface area contributed by atoms with E-state index in [0.29, 0.717) is 23.9 Å². The van der Waals surface area contributed by atoms with Crippen LogP contribution in [-0.4, -0.2) is 22.4 Å². The van der Waals surface area contributed by atoms with E-state index in [0.717, 1.165) is 24.2 Å². The molecule has 1 rings (SSSR count).